The van der Waals surface area contributed by atoms with Crippen LogP contribution >= 0.6 is 11.3 Å². The molecular weight excluding hydrogens is 450 g/mol. The molecule has 35 heavy (non-hydrogen) atoms. The second-order valence-corrected chi connectivity index (χ2v) is 10.6. The molecule has 0 unspecified atom stereocenters. The fourth-order valence-electron chi connectivity index (χ4n) is 4.22. The molecule has 0 aliphatic rings. The molecule has 0 saturated heterocycles. The van der Waals surface area contributed by atoms with E-state index >= 15 is 0 Å². The minimum absolute atomic E-state index is 0.136. The van der Waals surface area contributed by atoms with Gasteiger partial charge >= 0.3 is 6.03 Å². The largest absolute Gasteiger partial charge is 0.338 e. The van der Waals surface area contributed by atoms with Crippen molar-refractivity contribution in [1.29, 1.82) is 0 Å². The van der Waals surface area contributed by atoms with Gasteiger partial charge in [0.15, 0.2) is 0 Å². The Bertz CT molecular complexity index is 1020. The van der Waals surface area contributed by atoms with Gasteiger partial charge in [-0.2, -0.15) is 0 Å². The lowest BCUT2D eigenvalue weighted by Gasteiger charge is -2.09. The second-order valence-electron chi connectivity index (χ2n) is 9.42. The predicted molar refractivity (Wildman–Crippen MR) is 151 cm³/mol. The number of carbonyl (C=O) groups excluding carboxylic acids is 1. The minimum Gasteiger partial charge on any atom is -0.338 e. The van der Waals surface area contributed by atoms with Gasteiger partial charge in [-0.3, -0.25) is 0 Å². The molecule has 2 aromatic carbocycles. The molecule has 1 aromatic heterocycles. The van der Waals surface area contributed by atoms with Gasteiger partial charge in [0.2, 0.25) is 0 Å². The highest BCUT2D eigenvalue weighted by atomic mass is 32.1. The molecule has 5 heteroatoms. The average molecular weight is 492 g/mol. The van der Waals surface area contributed by atoms with E-state index in [2.05, 4.69) is 60.9 Å². The summed E-state index contributed by atoms with van der Waals surface area (Å²) in [5.41, 5.74) is 5.30. The van der Waals surface area contributed by atoms with Crippen molar-refractivity contribution in [2.24, 2.45) is 0 Å². The Hall–Kier alpha value is -2.66. The number of thiazole rings is 1. The monoisotopic (exact) mass is 491 g/mol. The van der Waals surface area contributed by atoms with Crippen LogP contribution in [0.3, 0.4) is 0 Å². The van der Waals surface area contributed by atoms with Crippen molar-refractivity contribution >= 4 is 23.1 Å². The fourth-order valence-corrected chi connectivity index (χ4v) is 5.17. The van der Waals surface area contributed by atoms with Crippen LogP contribution in [0.25, 0.3) is 21.7 Å². The number of aromatic nitrogens is 1. The van der Waals surface area contributed by atoms with E-state index in [4.69, 9.17) is 4.98 Å². The minimum atomic E-state index is -0.136. The SMILES string of the molecule is CCCCCCCCCCCCNC(=O)Nc1ccc(-c2sc(C)nc2-c2ccc(C)cc2)cc1. The Kier molecular flexibility index (Phi) is 11.3. The number of unbranched alkanes of at least 4 members (excludes halogenated alkanes) is 9. The van der Waals surface area contributed by atoms with E-state index in [9.17, 15) is 4.79 Å². The van der Waals surface area contributed by atoms with Crippen molar-refractivity contribution in [3.8, 4) is 21.7 Å². The Balaban J connectivity index is 1.39. The van der Waals surface area contributed by atoms with E-state index in [0.717, 1.165) is 45.4 Å². The maximum absolute atomic E-state index is 12.3. The van der Waals surface area contributed by atoms with E-state index < -0.39 is 0 Å². The standard InChI is InChI=1S/C30H41N3OS/c1-4-5-6-7-8-9-10-11-12-13-22-31-30(34)33-27-20-18-26(19-21-27)29-28(32-24(3)35-29)25-16-14-23(2)15-17-25/h14-21H,4-13,22H2,1-3H3,(H2,31,33,34). The lowest BCUT2D eigenvalue weighted by atomic mass is 10.1. The summed E-state index contributed by atoms with van der Waals surface area (Å²) in [6.45, 7) is 7.12. The molecule has 4 nitrogen and oxygen atoms in total. The van der Waals surface area contributed by atoms with Gasteiger partial charge in [0.1, 0.15) is 0 Å². The number of rotatable bonds is 14. The van der Waals surface area contributed by atoms with E-state index in [1.165, 1.54) is 63.4 Å². The van der Waals surface area contributed by atoms with E-state index in [1.54, 1.807) is 11.3 Å². The van der Waals surface area contributed by atoms with Gasteiger partial charge in [0.25, 0.3) is 0 Å². The highest BCUT2D eigenvalue weighted by Gasteiger charge is 2.13. The quantitative estimate of drug-likeness (QED) is 0.221. The van der Waals surface area contributed by atoms with Crippen molar-refractivity contribution in [3.63, 3.8) is 0 Å². The number of benzene rings is 2. The molecule has 0 aliphatic heterocycles. The van der Waals surface area contributed by atoms with Crippen molar-refractivity contribution in [1.82, 2.24) is 10.3 Å². The van der Waals surface area contributed by atoms with E-state index in [0.29, 0.717) is 0 Å². The summed E-state index contributed by atoms with van der Waals surface area (Å²) >= 11 is 1.70. The Labute approximate surface area is 215 Å². The molecule has 1 heterocycles. The van der Waals surface area contributed by atoms with Crippen molar-refractivity contribution in [2.75, 3.05) is 11.9 Å². The van der Waals surface area contributed by atoms with Crippen LogP contribution in [-0.2, 0) is 0 Å². The van der Waals surface area contributed by atoms with Crippen LogP contribution in [0.5, 0.6) is 0 Å². The Morgan fingerprint density at radius 3 is 1.97 bits per heavy atom. The first-order valence-corrected chi connectivity index (χ1v) is 14.1. The first-order chi connectivity index (χ1) is 17.1. The summed E-state index contributed by atoms with van der Waals surface area (Å²) < 4.78 is 0. The van der Waals surface area contributed by atoms with Crippen molar-refractivity contribution in [3.05, 3.63) is 59.1 Å². The summed E-state index contributed by atoms with van der Waals surface area (Å²) in [6, 6.07) is 16.4. The van der Waals surface area contributed by atoms with Crippen LogP contribution in [0.15, 0.2) is 48.5 Å². The molecule has 2 N–H and O–H groups in total. The summed E-state index contributed by atoms with van der Waals surface area (Å²) in [6.07, 6.45) is 13.0. The maximum Gasteiger partial charge on any atom is 0.319 e. The van der Waals surface area contributed by atoms with Crippen molar-refractivity contribution < 1.29 is 4.79 Å². The molecule has 3 aromatic rings. The number of nitrogens with zero attached hydrogens (tertiary/aromatic N) is 1. The Morgan fingerprint density at radius 1 is 0.771 bits per heavy atom. The van der Waals surface area contributed by atoms with Gasteiger partial charge in [-0.15, -0.1) is 11.3 Å². The molecule has 3 rings (SSSR count). The average Bonchev–Trinajstić information content (AvgIpc) is 3.25. The van der Waals surface area contributed by atoms with Gasteiger partial charge in [-0.1, -0.05) is 107 Å². The molecule has 2 amide bonds. The number of urea groups is 1. The van der Waals surface area contributed by atoms with Crippen LogP contribution in [0.1, 0.15) is 81.7 Å². The lowest BCUT2D eigenvalue weighted by molar-refractivity contribution is 0.252. The van der Waals surface area contributed by atoms with E-state index in [1.807, 2.05) is 19.1 Å². The molecule has 0 aliphatic carbocycles. The molecule has 0 saturated carbocycles. The number of aryl methyl sites for hydroxylation is 2. The van der Waals surface area contributed by atoms with Crippen LogP contribution < -0.4 is 10.6 Å². The first-order valence-electron chi connectivity index (χ1n) is 13.3. The highest BCUT2D eigenvalue weighted by molar-refractivity contribution is 7.15. The molecule has 0 fully saturated rings. The number of anilines is 1. The maximum atomic E-state index is 12.3. The van der Waals surface area contributed by atoms with E-state index in [-0.39, 0.29) is 6.03 Å². The topological polar surface area (TPSA) is 54.0 Å². The summed E-state index contributed by atoms with van der Waals surface area (Å²) in [5, 5.41) is 6.98. The number of hydrogen-bond acceptors (Lipinski definition) is 3. The van der Waals surface area contributed by atoms with Gasteiger partial charge in [0, 0.05) is 17.8 Å². The zero-order valence-electron chi connectivity index (χ0n) is 21.7. The van der Waals surface area contributed by atoms with Crippen molar-refractivity contribution in [2.45, 2.75) is 85.0 Å². The summed E-state index contributed by atoms with van der Waals surface area (Å²) in [5.74, 6) is 0. The molecule has 0 atom stereocenters. The highest BCUT2D eigenvalue weighted by Crippen LogP contribution is 2.37. The number of carbonyl (C=O) groups is 1. The lowest BCUT2D eigenvalue weighted by Crippen LogP contribution is -2.29. The zero-order chi connectivity index (χ0) is 24.9. The third-order valence-corrected chi connectivity index (χ3v) is 7.30. The molecule has 0 radical (unpaired) electrons. The number of amides is 2. The van der Waals surface area contributed by atoms with Gasteiger partial charge in [0.05, 0.1) is 15.6 Å². The second kappa shape index (κ2) is 14.7. The molecule has 0 spiro atoms. The fraction of sp³-hybridized carbons (Fsp3) is 0.467. The van der Waals surface area contributed by atoms with Gasteiger partial charge < -0.3 is 10.6 Å². The Morgan fingerprint density at radius 2 is 1.34 bits per heavy atom. The summed E-state index contributed by atoms with van der Waals surface area (Å²) in [4.78, 5) is 18.2. The smallest absolute Gasteiger partial charge is 0.319 e. The van der Waals surface area contributed by atoms with Gasteiger partial charge in [-0.05, 0) is 38.0 Å². The normalized spacial score (nSPS) is 10.9. The zero-order valence-corrected chi connectivity index (χ0v) is 22.5. The third kappa shape index (κ3) is 9.14. The van der Waals surface area contributed by atoms with Gasteiger partial charge in [-0.25, -0.2) is 9.78 Å². The molecular formula is C30H41N3OS. The predicted octanol–water partition coefficient (Wildman–Crippen LogP) is 9.14. The first kappa shape index (κ1) is 26.9. The molecule has 188 valence electrons. The van der Waals surface area contributed by atoms with Crippen LogP contribution in [0.4, 0.5) is 10.5 Å². The number of hydrogen-bond donors (Lipinski definition) is 2. The molecule has 0 bridgehead atoms. The third-order valence-electron chi connectivity index (χ3n) is 6.28. The van der Waals surface area contributed by atoms with Crippen LogP contribution in [-0.4, -0.2) is 17.6 Å². The number of nitrogens with one attached hydrogen (secondary N) is 2. The van der Waals surface area contributed by atoms with Crippen LogP contribution in [0.2, 0.25) is 0 Å². The summed E-state index contributed by atoms with van der Waals surface area (Å²) in [7, 11) is 0. The van der Waals surface area contributed by atoms with Crippen LogP contribution in [0, 0.1) is 13.8 Å².